The zero-order valence-corrected chi connectivity index (χ0v) is 14.1. The van der Waals surface area contributed by atoms with E-state index in [0.29, 0.717) is 12.8 Å². The quantitative estimate of drug-likeness (QED) is 0.883. The maximum absolute atomic E-state index is 12.3. The third-order valence-corrected chi connectivity index (χ3v) is 4.50. The lowest BCUT2D eigenvalue weighted by atomic mass is 10.1. The number of aryl methyl sites for hydroxylation is 1. The Morgan fingerprint density at radius 3 is 2.71 bits per heavy atom. The lowest BCUT2D eigenvalue weighted by molar-refractivity contribution is -0.116. The molecule has 24 heavy (non-hydrogen) atoms. The number of carbonyl (C=O) groups excluding carboxylic acids is 1. The van der Waals surface area contributed by atoms with Crippen LogP contribution in [0.3, 0.4) is 0 Å². The number of nitrogens with one attached hydrogen (secondary N) is 1. The summed E-state index contributed by atoms with van der Waals surface area (Å²) in [5.74, 6) is 0.0601. The van der Waals surface area contributed by atoms with E-state index >= 15 is 0 Å². The molecule has 1 aromatic carbocycles. The molecule has 0 saturated carbocycles. The van der Waals surface area contributed by atoms with Crippen LogP contribution < -0.4 is 5.32 Å². The van der Waals surface area contributed by atoms with Crippen molar-refractivity contribution in [1.82, 2.24) is 9.88 Å². The third-order valence-electron chi connectivity index (χ3n) is 4.50. The molecule has 0 spiro atoms. The molecule has 1 N–H and O–H groups in total. The number of piperidine rings is 1. The third kappa shape index (κ3) is 4.90. The lowest BCUT2D eigenvalue weighted by Crippen LogP contribution is -2.29. The monoisotopic (exact) mass is 323 g/mol. The summed E-state index contributed by atoms with van der Waals surface area (Å²) in [4.78, 5) is 18.8. The summed E-state index contributed by atoms with van der Waals surface area (Å²) in [7, 11) is 0. The summed E-state index contributed by atoms with van der Waals surface area (Å²) < 4.78 is 0. The van der Waals surface area contributed by atoms with Gasteiger partial charge in [-0.15, -0.1) is 0 Å². The van der Waals surface area contributed by atoms with Crippen molar-refractivity contribution in [2.24, 2.45) is 0 Å². The number of carbonyl (C=O) groups is 1. The SMILES string of the molecule is O=C(CCc1cccnc1)Nc1ccccc1CN1CCCCC1. The number of amides is 1. The van der Waals surface area contributed by atoms with Gasteiger partial charge in [-0.25, -0.2) is 0 Å². The first kappa shape index (κ1) is 16.7. The van der Waals surface area contributed by atoms with E-state index in [1.165, 1.54) is 24.8 Å². The average molecular weight is 323 g/mol. The molecule has 4 nitrogen and oxygen atoms in total. The Hall–Kier alpha value is -2.20. The first-order chi connectivity index (χ1) is 11.8. The van der Waals surface area contributed by atoms with Crippen LogP contribution in [0.2, 0.25) is 0 Å². The van der Waals surface area contributed by atoms with Crippen LogP contribution in [-0.4, -0.2) is 28.9 Å². The highest BCUT2D eigenvalue weighted by molar-refractivity contribution is 5.91. The molecule has 1 aliphatic rings. The molecule has 126 valence electrons. The smallest absolute Gasteiger partial charge is 0.224 e. The van der Waals surface area contributed by atoms with Crippen LogP contribution >= 0.6 is 0 Å². The van der Waals surface area contributed by atoms with Crippen molar-refractivity contribution < 1.29 is 4.79 Å². The molecular weight excluding hydrogens is 298 g/mol. The Labute approximate surface area is 143 Å². The van der Waals surface area contributed by atoms with Crippen molar-refractivity contribution >= 4 is 11.6 Å². The zero-order chi connectivity index (χ0) is 16.6. The lowest BCUT2D eigenvalue weighted by Gasteiger charge is -2.27. The van der Waals surface area contributed by atoms with Gasteiger partial charge in [-0.3, -0.25) is 14.7 Å². The van der Waals surface area contributed by atoms with Crippen LogP contribution in [0.4, 0.5) is 5.69 Å². The Bertz CT molecular complexity index is 651. The van der Waals surface area contributed by atoms with E-state index in [1.807, 2.05) is 36.5 Å². The van der Waals surface area contributed by atoms with Crippen molar-refractivity contribution in [2.75, 3.05) is 18.4 Å². The van der Waals surface area contributed by atoms with E-state index in [1.54, 1.807) is 6.20 Å². The topological polar surface area (TPSA) is 45.2 Å². The van der Waals surface area contributed by atoms with Crippen LogP contribution in [0.25, 0.3) is 0 Å². The molecule has 1 aromatic heterocycles. The number of hydrogen-bond acceptors (Lipinski definition) is 3. The fourth-order valence-electron chi connectivity index (χ4n) is 3.16. The molecule has 0 aliphatic carbocycles. The van der Waals surface area contributed by atoms with E-state index in [9.17, 15) is 4.79 Å². The van der Waals surface area contributed by atoms with Gasteiger partial charge >= 0.3 is 0 Å². The standard InChI is InChI=1S/C20H25N3O/c24-20(11-10-17-7-6-12-21-15-17)22-19-9-3-2-8-18(19)16-23-13-4-1-5-14-23/h2-3,6-9,12,15H,1,4-5,10-11,13-14,16H2,(H,22,24). The van der Waals surface area contributed by atoms with Gasteiger partial charge in [-0.05, 0) is 55.6 Å². The predicted molar refractivity (Wildman–Crippen MR) is 96.8 cm³/mol. The van der Waals surface area contributed by atoms with Gasteiger partial charge in [0.2, 0.25) is 5.91 Å². The Morgan fingerprint density at radius 2 is 1.92 bits per heavy atom. The van der Waals surface area contributed by atoms with E-state index in [0.717, 1.165) is 30.9 Å². The van der Waals surface area contributed by atoms with Crippen molar-refractivity contribution in [2.45, 2.75) is 38.6 Å². The second kappa shape index (κ2) is 8.60. The summed E-state index contributed by atoms with van der Waals surface area (Å²) >= 11 is 0. The minimum atomic E-state index is 0.0601. The van der Waals surface area contributed by atoms with Crippen molar-refractivity contribution in [1.29, 1.82) is 0 Å². The van der Waals surface area contributed by atoms with E-state index in [-0.39, 0.29) is 5.91 Å². The zero-order valence-electron chi connectivity index (χ0n) is 14.1. The first-order valence-electron chi connectivity index (χ1n) is 8.80. The molecule has 2 aromatic rings. The van der Waals surface area contributed by atoms with Gasteiger partial charge in [0, 0.05) is 31.0 Å². The van der Waals surface area contributed by atoms with Crippen molar-refractivity contribution in [3.8, 4) is 0 Å². The minimum Gasteiger partial charge on any atom is -0.326 e. The summed E-state index contributed by atoms with van der Waals surface area (Å²) in [6.45, 7) is 3.23. The number of pyridine rings is 1. The number of rotatable bonds is 6. The number of likely N-dealkylation sites (tertiary alicyclic amines) is 1. The van der Waals surface area contributed by atoms with Gasteiger partial charge in [0.05, 0.1) is 0 Å². The fourth-order valence-corrected chi connectivity index (χ4v) is 3.16. The number of nitrogens with zero attached hydrogens (tertiary/aromatic N) is 2. The number of para-hydroxylation sites is 1. The molecule has 1 aliphatic heterocycles. The Kier molecular flexibility index (Phi) is 5.96. The number of benzene rings is 1. The molecule has 1 fully saturated rings. The highest BCUT2D eigenvalue weighted by Crippen LogP contribution is 2.20. The number of aromatic nitrogens is 1. The van der Waals surface area contributed by atoms with Crippen LogP contribution in [0, 0.1) is 0 Å². The predicted octanol–water partition coefficient (Wildman–Crippen LogP) is 3.64. The maximum Gasteiger partial charge on any atom is 0.224 e. The molecule has 0 atom stereocenters. The molecule has 1 amide bonds. The molecule has 2 heterocycles. The summed E-state index contributed by atoms with van der Waals surface area (Å²) in [6, 6.07) is 12.1. The average Bonchev–Trinajstić information content (AvgIpc) is 2.63. The van der Waals surface area contributed by atoms with Crippen molar-refractivity contribution in [3.63, 3.8) is 0 Å². The van der Waals surface area contributed by atoms with Gasteiger partial charge in [0.1, 0.15) is 0 Å². The summed E-state index contributed by atoms with van der Waals surface area (Å²) in [6.07, 6.45) is 8.65. The summed E-state index contributed by atoms with van der Waals surface area (Å²) in [5, 5.41) is 3.08. The molecule has 1 saturated heterocycles. The Morgan fingerprint density at radius 1 is 1.08 bits per heavy atom. The van der Waals surface area contributed by atoms with Crippen molar-refractivity contribution in [3.05, 3.63) is 59.9 Å². The molecule has 3 rings (SSSR count). The fraction of sp³-hybridized carbons (Fsp3) is 0.400. The molecule has 0 bridgehead atoms. The largest absolute Gasteiger partial charge is 0.326 e. The molecule has 0 radical (unpaired) electrons. The molecule has 4 heteroatoms. The van der Waals surface area contributed by atoms with Gasteiger partial charge in [-0.2, -0.15) is 0 Å². The summed E-state index contributed by atoms with van der Waals surface area (Å²) in [5.41, 5.74) is 3.24. The number of anilines is 1. The second-order valence-corrected chi connectivity index (χ2v) is 6.40. The first-order valence-corrected chi connectivity index (χ1v) is 8.80. The van der Waals surface area contributed by atoms with E-state index in [4.69, 9.17) is 0 Å². The highest BCUT2D eigenvalue weighted by Gasteiger charge is 2.13. The van der Waals surface area contributed by atoms with E-state index in [2.05, 4.69) is 21.3 Å². The minimum absolute atomic E-state index is 0.0601. The van der Waals surface area contributed by atoms with Crippen LogP contribution in [-0.2, 0) is 17.8 Å². The second-order valence-electron chi connectivity index (χ2n) is 6.40. The van der Waals surface area contributed by atoms with Gasteiger partial charge in [0.25, 0.3) is 0 Å². The van der Waals surface area contributed by atoms with Crippen LogP contribution in [0.5, 0.6) is 0 Å². The van der Waals surface area contributed by atoms with Crippen LogP contribution in [0.1, 0.15) is 36.8 Å². The van der Waals surface area contributed by atoms with E-state index < -0.39 is 0 Å². The van der Waals surface area contributed by atoms with Gasteiger partial charge in [0.15, 0.2) is 0 Å². The molecule has 0 unspecified atom stereocenters. The Balaban J connectivity index is 1.56. The number of hydrogen-bond donors (Lipinski definition) is 1. The molecular formula is C20H25N3O. The maximum atomic E-state index is 12.3. The van der Waals surface area contributed by atoms with Gasteiger partial charge in [-0.1, -0.05) is 30.7 Å². The normalized spacial score (nSPS) is 15.2. The van der Waals surface area contributed by atoms with Gasteiger partial charge < -0.3 is 5.32 Å². The van der Waals surface area contributed by atoms with Crippen LogP contribution in [0.15, 0.2) is 48.8 Å². The highest BCUT2D eigenvalue weighted by atomic mass is 16.1.